The van der Waals surface area contributed by atoms with Crippen molar-refractivity contribution >= 4 is 23.4 Å². The molecule has 0 heterocycles. The minimum Gasteiger partial charge on any atom is -0.481 e. The molecule has 0 radical (unpaired) electrons. The van der Waals surface area contributed by atoms with E-state index in [0.717, 1.165) is 12.2 Å². The first kappa shape index (κ1) is 21.7. The van der Waals surface area contributed by atoms with E-state index in [1.165, 1.54) is 28.0 Å². The number of fused-ring (bicyclic) bond motifs is 2. The maximum atomic E-state index is 10.8. The molecule has 0 aliphatic heterocycles. The normalized spacial score (nSPS) is 16.2. The van der Waals surface area contributed by atoms with E-state index >= 15 is 0 Å². The van der Waals surface area contributed by atoms with Crippen LogP contribution in [0.25, 0.3) is 6.08 Å². The molecule has 0 amide bonds. The molecule has 0 fully saturated rings. The van der Waals surface area contributed by atoms with Crippen molar-refractivity contribution in [1.82, 2.24) is 0 Å². The van der Waals surface area contributed by atoms with E-state index < -0.39 is 5.97 Å². The van der Waals surface area contributed by atoms with Crippen LogP contribution in [-0.4, -0.2) is 49.1 Å². The van der Waals surface area contributed by atoms with Gasteiger partial charge in [0.05, 0.1) is 0 Å². The van der Waals surface area contributed by atoms with Crippen LogP contribution in [0.5, 0.6) is 0 Å². The molecule has 0 unspecified atom stereocenters. The highest BCUT2D eigenvalue weighted by Gasteiger charge is 2.35. The molecular weight excluding hydrogens is 348 g/mol. The Hall–Kier alpha value is -2.62. The molecule has 4 heteroatoms. The van der Waals surface area contributed by atoms with Gasteiger partial charge in [-0.3, -0.25) is 4.79 Å². The van der Waals surface area contributed by atoms with Crippen LogP contribution in [0.1, 0.15) is 45.2 Å². The summed E-state index contributed by atoms with van der Waals surface area (Å²) in [5, 5.41) is 8.85. The van der Waals surface area contributed by atoms with Crippen LogP contribution in [0.2, 0.25) is 0 Å². The maximum Gasteiger partial charge on any atom is 0.303 e. The lowest BCUT2D eigenvalue weighted by molar-refractivity contribution is -0.462. The molecular formula is C24H33N2O2+. The number of hydrogen-bond donors (Lipinski definition) is 1. The number of benzene rings is 1. The molecule has 0 atom stereocenters. The van der Waals surface area contributed by atoms with E-state index in [0.29, 0.717) is 6.42 Å². The lowest BCUT2D eigenvalue weighted by Crippen LogP contribution is -2.29. The third kappa shape index (κ3) is 4.11. The number of rotatable bonds is 5. The molecule has 0 saturated carbocycles. The number of allylic oxidation sites excluding steroid dienone is 5. The monoisotopic (exact) mass is 381 g/mol. The molecule has 0 bridgehead atoms. The zero-order valence-electron chi connectivity index (χ0n) is 16.9. The fraction of sp³-hybridized carbons (Fsp3) is 0.417. The minimum atomic E-state index is -0.738. The van der Waals surface area contributed by atoms with E-state index in [2.05, 4.69) is 79.9 Å². The molecule has 0 spiro atoms. The molecule has 1 aromatic carbocycles. The third-order valence-corrected chi connectivity index (χ3v) is 5.57. The number of nitrogens with zero attached hydrogens (tertiary/aromatic N) is 2. The summed E-state index contributed by atoms with van der Waals surface area (Å²) in [7, 11) is 6.17. The lowest BCUT2D eigenvalue weighted by atomic mass is 9.67. The van der Waals surface area contributed by atoms with Gasteiger partial charge in [0, 0.05) is 43.3 Å². The third-order valence-electron chi connectivity index (χ3n) is 5.57. The highest BCUT2D eigenvalue weighted by Crippen LogP contribution is 2.45. The van der Waals surface area contributed by atoms with Gasteiger partial charge in [-0.05, 0) is 53.0 Å². The van der Waals surface area contributed by atoms with E-state index in [1.54, 1.807) is 0 Å². The molecule has 150 valence electrons. The first-order valence-corrected chi connectivity index (χ1v) is 9.44. The van der Waals surface area contributed by atoms with Crippen molar-refractivity contribution in [3.8, 4) is 0 Å². The van der Waals surface area contributed by atoms with Gasteiger partial charge in [0.15, 0.2) is 5.71 Å². The van der Waals surface area contributed by atoms with Gasteiger partial charge in [-0.15, -0.1) is 0 Å². The summed E-state index contributed by atoms with van der Waals surface area (Å²) in [6, 6.07) is 6.58. The van der Waals surface area contributed by atoms with Crippen molar-refractivity contribution < 1.29 is 14.5 Å². The van der Waals surface area contributed by atoms with Crippen LogP contribution in [0.15, 0.2) is 47.6 Å². The summed E-state index contributed by atoms with van der Waals surface area (Å²) in [5.41, 5.74) is 7.44. The molecule has 0 saturated heterocycles. The molecule has 0 aromatic heterocycles. The van der Waals surface area contributed by atoms with Crippen molar-refractivity contribution in [2.24, 2.45) is 0 Å². The summed E-state index contributed by atoms with van der Waals surface area (Å²) >= 11 is 0. The minimum absolute atomic E-state index is 0. The van der Waals surface area contributed by atoms with Crippen LogP contribution < -0.4 is 4.90 Å². The summed E-state index contributed by atoms with van der Waals surface area (Å²) in [6.45, 7) is 5.30. The second-order valence-corrected chi connectivity index (χ2v) is 8.13. The van der Waals surface area contributed by atoms with Gasteiger partial charge in [0.1, 0.15) is 14.1 Å². The molecule has 2 aliphatic rings. The first-order valence-electron chi connectivity index (χ1n) is 9.44. The Balaban J connectivity index is 0.00000280. The van der Waals surface area contributed by atoms with Crippen molar-refractivity contribution in [2.75, 3.05) is 32.6 Å². The zero-order chi connectivity index (χ0) is 19.8. The predicted octanol–water partition coefficient (Wildman–Crippen LogP) is 4.51. The van der Waals surface area contributed by atoms with Crippen molar-refractivity contribution in [3.63, 3.8) is 0 Å². The molecule has 28 heavy (non-hydrogen) atoms. The average Bonchev–Trinajstić information content (AvgIpc) is 2.61. The number of hydrogen-bond acceptors (Lipinski definition) is 2. The number of carboxylic acids is 1. The first-order chi connectivity index (χ1) is 12.7. The molecule has 1 N–H and O–H groups in total. The number of aliphatic carboxylic acids is 1. The Morgan fingerprint density at radius 2 is 1.89 bits per heavy atom. The lowest BCUT2D eigenvalue weighted by Gasteiger charge is -2.36. The van der Waals surface area contributed by atoms with Crippen LogP contribution in [0.3, 0.4) is 0 Å². The number of carboxylic acid groups (broad SMARTS) is 1. The predicted molar refractivity (Wildman–Crippen MR) is 119 cm³/mol. The van der Waals surface area contributed by atoms with Gasteiger partial charge in [-0.2, -0.15) is 0 Å². The highest BCUT2D eigenvalue weighted by molar-refractivity contribution is 6.04. The van der Waals surface area contributed by atoms with E-state index in [9.17, 15) is 4.79 Å². The molecule has 4 nitrogen and oxygen atoms in total. The van der Waals surface area contributed by atoms with Gasteiger partial charge in [-0.1, -0.05) is 27.3 Å². The Morgan fingerprint density at radius 1 is 1.18 bits per heavy atom. The second-order valence-electron chi connectivity index (χ2n) is 8.13. The second kappa shape index (κ2) is 8.17. The Bertz CT molecular complexity index is 897. The SMILES string of the molecule is C.CN(CCCC(=O)O)c1ccc2c(c1)C(C)(C)C1=CC(=[N+](C)C)C=CC1=C2. The van der Waals surface area contributed by atoms with Crippen LogP contribution >= 0.6 is 0 Å². The van der Waals surface area contributed by atoms with Crippen molar-refractivity contribution in [2.45, 2.75) is 39.5 Å². The van der Waals surface area contributed by atoms with Crippen LogP contribution in [0, 0.1) is 0 Å². The highest BCUT2D eigenvalue weighted by atomic mass is 16.4. The smallest absolute Gasteiger partial charge is 0.303 e. The van der Waals surface area contributed by atoms with Crippen LogP contribution in [0.4, 0.5) is 5.69 Å². The summed E-state index contributed by atoms with van der Waals surface area (Å²) in [5.74, 6) is -0.738. The molecule has 1 aromatic rings. The Kier molecular flexibility index (Phi) is 6.33. The summed E-state index contributed by atoms with van der Waals surface area (Å²) in [4.78, 5) is 12.9. The standard InChI is InChI=1S/C23H28N2O2.CH4/c1-23(2)20-14-18(24(3)4)10-8-16(20)13-17-9-11-19(15-21(17)23)25(5)12-6-7-22(26)27;/h8-11,13-15H,6-7,12H2,1-5H3;1H4/p+1. The topological polar surface area (TPSA) is 43.6 Å². The van der Waals surface area contributed by atoms with E-state index in [-0.39, 0.29) is 19.3 Å². The van der Waals surface area contributed by atoms with E-state index in [4.69, 9.17) is 5.11 Å². The summed E-state index contributed by atoms with van der Waals surface area (Å²) < 4.78 is 2.14. The number of anilines is 1. The van der Waals surface area contributed by atoms with Crippen molar-refractivity contribution in [1.29, 1.82) is 0 Å². The van der Waals surface area contributed by atoms with Gasteiger partial charge >= 0.3 is 5.97 Å². The Labute approximate surface area is 169 Å². The number of carbonyl (C=O) groups is 1. The van der Waals surface area contributed by atoms with Gasteiger partial charge in [-0.25, -0.2) is 4.58 Å². The van der Waals surface area contributed by atoms with Gasteiger partial charge in [0.25, 0.3) is 0 Å². The molecule has 2 aliphatic carbocycles. The average molecular weight is 382 g/mol. The van der Waals surface area contributed by atoms with E-state index in [1.807, 2.05) is 7.05 Å². The zero-order valence-corrected chi connectivity index (χ0v) is 16.9. The van der Waals surface area contributed by atoms with Crippen LogP contribution in [-0.2, 0) is 10.2 Å². The van der Waals surface area contributed by atoms with Gasteiger partial charge in [0.2, 0.25) is 0 Å². The maximum absolute atomic E-state index is 10.8. The molecule has 3 rings (SSSR count). The fourth-order valence-electron chi connectivity index (χ4n) is 3.85. The largest absolute Gasteiger partial charge is 0.481 e. The Morgan fingerprint density at radius 3 is 2.54 bits per heavy atom. The fourth-order valence-corrected chi connectivity index (χ4v) is 3.85. The van der Waals surface area contributed by atoms with Crippen molar-refractivity contribution in [3.05, 3.63) is 58.7 Å². The quantitative estimate of drug-likeness (QED) is 0.763. The van der Waals surface area contributed by atoms with Gasteiger partial charge < -0.3 is 10.0 Å². The summed E-state index contributed by atoms with van der Waals surface area (Å²) in [6.07, 6.45) is 9.78.